The fourth-order valence-electron chi connectivity index (χ4n) is 3.14. The Morgan fingerprint density at radius 2 is 1.80 bits per heavy atom. The van der Waals surface area contributed by atoms with E-state index in [9.17, 15) is 4.79 Å². The highest BCUT2D eigenvalue weighted by atomic mass is 79.9. The number of benzene rings is 1. The zero-order chi connectivity index (χ0) is 17.2. The second kappa shape index (κ2) is 7.35. The summed E-state index contributed by atoms with van der Waals surface area (Å²) in [6.45, 7) is 5.37. The van der Waals surface area contributed by atoms with Crippen LogP contribution in [-0.2, 0) is 6.54 Å². The van der Waals surface area contributed by atoms with E-state index in [1.165, 1.54) is 16.9 Å². The van der Waals surface area contributed by atoms with Crippen molar-refractivity contribution < 1.29 is 14.3 Å². The number of hydrogen-bond donors (Lipinski definition) is 0. The maximum atomic E-state index is 12.5. The number of carbonyl (C=O) groups excluding carboxylic acids is 1. The molecule has 0 aliphatic carbocycles. The lowest BCUT2D eigenvalue weighted by Crippen LogP contribution is -2.48. The van der Waals surface area contributed by atoms with E-state index in [1.54, 1.807) is 0 Å². The van der Waals surface area contributed by atoms with Crippen molar-refractivity contribution in [2.45, 2.75) is 6.54 Å². The van der Waals surface area contributed by atoms with Crippen LogP contribution < -0.4 is 9.47 Å². The van der Waals surface area contributed by atoms with Crippen molar-refractivity contribution in [3.8, 4) is 11.5 Å². The number of rotatable bonds is 3. The molecule has 3 heterocycles. The highest BCUT2D eigenvalue weighted by molar-refractivity contribution is 9.11. The zero-order valence-corrected chi connectivity index (χ0v) is 16.1. The molecule has 2 aromatic rings. The van der Waals surface area contributed by atoms with Crippen LogP contribution in [0.15, 0.2) is 34.1 Å². The molecule has 0 atom stereocenters. The summed E-state index contributed by atoms with van der Waals surface area (Å²) in [6.07, 6.45) is 0. The normalized spacial score (nSPS) is 17.6. The van der Waals surface area contributed by atoms with Gasteiger partial charge in [0.25, 0.3) is 5.91 Å². The second-order valence-electron chi connectivity index (χ2n) is 6.15. The second-order valence-corrected chi connectivity index (χ2v) is 8.61. The van der Waals surface area contributed by atoms with Gasteiger partial charge in [0, 0.05) is 32.7 Å². The van der Waals surface area contributed by atoms with E-state index >= 15 is 0 Å². The molecule has 1 fully saturated rings. The first-order valence-corrected chi connectivity index (χ1v) is 9.95. The summed E-state index contributed by atoms with van der Waals surface area (Å²) in [5.74, 6) is 1.79. The molecular weight excluding hydrogens is 404 g/mol. The Kier molecular flexibility index (Phi) is 4.96. The van der Waals surface area contributed by atoms with Crippen molar-refractivity contribution in [1.82, 2.24) is 9.80 Å². The predicted octanol–water partition coefficient (Wildman–Crippen LogP) is 3.24. The lowest BCUT2D eigenvalue weighted by atomic mass is 10.1. The van der Waals surface area contributed by atoms with Crippen molar-refractivity contribution in [3.63, 3.8) is 0 Å². The van der Waals surface area contributed by atoms with E-state index in [0.29, 0.717) is 13.2 Å². The number of halogens is 1. The summed E-state index contributed by atoms with van der Waals surface area (Å²) >= 11 is 4.91. The fourth-order valence-corrected chi connectivity index (χ4v) is 4.49. The fraction of sp³-hybridized carbons (Fsp3) is 0.389. The molecule has 0 spiro atoms. The molecule has 132 valence electrons. The van der Waals surface area contributed by atoms with Gasteiger partial charge in [-0.1, -0.05) is 6.07 Å². The highest BCUT2D eigenvalue weighted by Crippen LogP contribution is 2.31. The number of fused-ring (bicyclic) bond motifs is 1. The first kappa shape index (κ1) is 16.9. The van der Waals surface area contributed by atoms with E-state index in [1.807, 2.05) is 23.1 Å². The van der Waals surface area contributed by atoms with Crippen LogP contribution >= 0.6 is 27.3 Å². The number of amides is 1. The van der Waals surface area contributed by atoms with E-state index in [2.05, 4.69) is 33.0 Å². The first-order valence-electron chi connectivity index (χ1n) is 8.34. The van der Waals surface area contributed by atoms with Gasteiger partial charge in [-0.2, -0.15) is 0 Å². The third-order valence-electron chi connectivity index (χ3n) is 4.46. The minimum Gasteiger partial charge on any atom is -0.486 e. The largest absolute Gasteiger partial charge is 0.486 e. The maximum absolute atomic E-state index is 12.5. The Morgan fingerprint density at radius 3 is 2.52 bits per heavy atom. The van der Waals surface area contributed by atoms with Gasteiger partial charge in [-0.05, 0) is 45.8 Å². The summed E-state index contributed by atoms with van der Waals surface area (Å²) in [5.41, 5.74) is 1.21. The minimum absolute atomic E-state index is 0.134. The summed E-state index contributed by atoms with van der Waals surface area (Å²) < 4.78 is 12.2. The molecule has 1 saturated heterocycles. The summed E-state index contributed by atoms with van der Waals surface area (Å²) in [5, 5.41) is 0. The van der Waals surface area contributed by atoms with Crippen LogP contribution in [0.4, 0.5) is 0 Å². The molecule has 0 saturated carbocycles. The maximum Gasteiger partial charge on any atom is 0.264 e. The third kappa shape index (κ3) is 3.83. The van der Waals surface area contributed by atoms with Gasteiger partial charge in [-0.25, -0.2) is 0 Å². The number of piperazine rings is 1. The van der Waals surface area contributed by atoms with Crippen LogP contribution in [-0.4, -0.2) is 55.1 Å². The lowest BCUT2D eigenvalue weighted by Gasteiger charge is -2.34. The van der Waals surface area contributed by atoms with Gasteiger partial charge in [0.1, 0.15) is 13.2 Å². The summed E-state index contributed by atoms with van der Waals surface area (Å²) in [6, 6.07) is 9.95. The molecule has 1 aromatic carbocycles. The SMILES string of the molecule is O=C(c1ccc(Br)s1)N1CCN(Cc2ccc3c(c2)OCCO3)CC1. The highest BCUT2D eigenvalue weighted by Gasteiger charge is 2.23. The summed E-state index contributed by atoms with van der Waals surface area (Å²) in [4.78, 5) is 17.6. The van der Waals surface area contributed by atoms with Crippen LogP contribution in [0.1, 0.15) is 15.2 Å². The molecule has 2 aliphatic rings. The average Bonchev–Trinajstić information content (AvgIpc) is 3.08. The number of nitrogens with zero attached hydrogens (tertiary/aromatic N) is 2. The molecule has 5 nitrogen and oxygen atoms in total. The molecule has 25 heavy (non-hydrogen) atoms. The smallest absolute Gasteiger partial charge is 0.264 e. The molecule has 0 bridgehead atoms. The standard InChI is InChI=1S/C18H19BrN2O3S/c19-17-4-3-16(25-17)18(22)21-7-5-20(6-8-21)12-13-1-2-14-15(11-13)24-10-9-23-14/h1-4,11H,5-10,12H2. The monoisotopic (exact) mass is 422 g/mol. The molecule has 1 amide bonds. The van der Waals surface area contributed by atoms with Crippen molar-refractivity contribution in [1.29, 1.82) is 0 Å². The first-order chi connectivity index (χ1) is 12.2. The molecule has 1 aromatic heterocycles. The van der Waals surface area contributed by atoms with Gasteiger partial charge in [0.15, 0.2) is 11.5 Å². The molecule has 0 radical (unpaired) electrons. The van der Waals surface area contributed by atoms with Crippen LogP contribution in [0.25, 0.3) is 0 Å². The number of ether oxygens (including phenoxy) is 2. The molecule has 4 rings (SSSR count). The van der Waals surface area contributed by atoms with Crippen LogP contribution in [0.5, 0.6) is 11.5 Å². The van der Waals surface area contributed by atoms with Crippen LogP contribution in [0, 0.1) is 0 Å². The Balaban J connectivity index is 1.34. The van der Waals surface area contributed by atoms with Crippen LogP contribution in [0.2, 0.25) is 0 Å². The van der Waals surface area contributed by atoms with E-state index in [-0.39, 0.29) is 5.91 Å². The molecule has 0 N–H and O–H groups in total. The zero-order valence-electron chi connectivity index (χ0n) is 13.7. The predicted molar refractivity (Wildman–Crippen MR) is 101 cm³/mol. The molecule has 0 unspecified atom stereocenters. The average molecular weight is 423 g/mol. The van der Waals surface area contributed by atoms with Gasteiger partial charge >= 0.3 is 0 Å². The number of carbonyl (C=O) groups is 1. The van der Waals surface area contributed by atoms with Gasteiger partial charge < -0.3 is 14.4 Å². The van der Waals surface area contributed by atoms with Crippen LogP contribution in [0.3, 0.4) is 0 Å². The van der Waals surface area contributed by atoms with E-state index in [0.717, 1.165) is 52.9 Å². The molecule has 7 heteroatoms. The minimum atomic E-state index is 0.134. The Morgan fingerprint density at radius 1 is 1.04 bits per heavy atom. The van der Waals surface area contributed by atoms with Gasteiger partial charge in [0.05, 0.1) is 8.66 Å². The topological polar surface area (TPSA) is 42.0 Å². The van der Waals surface area contributed by atoms with Gasteiger partial charge in [-0.3, -0.25) is 9.69 Å². The van der Waals surface area contributed by atoms with Gasteiger partial charge in [0.2, 0.25) is 0 Å². The third-order valence-corrected chi connectivity index (χ3v) is 6.07. The van der Waals surface area contributed by atoms with Gasteiger partial charge in [-0.15, -0.1) is 11.3 Å². The Labute approximate surface area is 159 Å². The number of thiophene rings is 1. The van der Waals surface area contributed by atoms with Crippen molar-refractivity contribution >= 4 is 33.2 Å². The molecular formula is C18H19BrN2O3S. The number of hydrogen-bond acceptors (Lipinski definition) is 5. The summed E-state index contributed by atoms with van der Waals surface area (Å²) in [7, 11) is 0. The van der Waals surface area contributed by atoms with Crippen molar-refractivity contribution in [2.24, 2.45) is 0 Å². The van der Waals surface area contributed by atoms with Crippen molar-refractivity contribution in [2.75, 3.05) is 39.4 Å². The van der Waals surface area contributed by atoms with E-state index < -0.39 is 0 Å². The van der Waals surface area contributed by atoms with E-state index in [4.69, 9.17) is 9.47 Å². The lowest BCUT2D eigenvalue weighted by molar-refractivity contribution is 0.0633. The Bertz CT molecular complexity index is 771. The quantitative estimate of drug-likeness (QED) is 0.761. The van der Waals surface area contributed by atoms with Crippen molar-refractivity contribution in [3.05, 3.63) is 44.6 Å². The molecule has 2 aliphatic heterocycles. The Hall–Kier alpha value is -1.57.